The van der Waals surface area contributed by atoms with Gasteiger partial charge in [-0.25, -0.2) is 8.42 Å². The normalized spacial score (nSPS) is 12.3. The lowest BCUT2D eigenvalue weighted by atomic mass is 10.1. The Hall–Kier alpha value is -3.47. The van der Waals surface area contributed by atoms with Gasteiger partial charge in [0.25, 0.3) is 0 Å². The number of sulfonamides is 1. The molecule has 10 nitrogen and oxygen atoms in total. The molecule has 2 aromatic rings. The van der Waals surface area contributed by atoms with Gasteiger partial charge in [-0.2, -0.15) is 0 Å². The fraction of sp³-hybridized carbons (Fsp3) is 0.481. The molecule has 38 heavy (non-hydrogen) atoms. The Balaban J connectivity index is 2.52. The highest BCUT2D eigenvalue weighted by Crippen LogP contribution is 2.32. The van der Waals surface area contributed by atoms with Crippen molar-refractivity contribution in [2.24, 2.45) is 0 Å². The van der Waals surface area contributed by atoms with Crippen molar-refractivity contribution in [2.75, 3.05) is 38.4 Å². The van der Waals surface area contributed by atoms with Crippen molar-refractivity contribution in [3.8, 4) is 17.2 Å². The Morgan fingerprint density at radius 2 is 1.63 bits per heavy atom. The molecular formula is C27H39N3O7S. The molecule has 0 aliphatic heterocycles. The third kappa shape index (κ3) is 8.27. The summed E-state index contributed by atoms with van der Waals surface area (Å²) < 4.78 is 42.5. The van der Waals surface area contributed by atoms with Crippen LogP contribution in [0.2, 0.25) is 0 Å². The van der Waals surface area contributed by atoms with Crippen LogP contribution in [0.1, 0.15) is 39.7 Å². The first-order valence-corrected chi connectivity index (χ1v) is 14.0. The monoisotopic (exact) mass is 549 g/mol. The van der Waals surface area contributed by atoms with Gasteiger partial charge < -0.3 is 24.4 Å². The lowest BCUT2D eigenvalue weighted by Crippen LogP contribution is -2.55. The zero-order chi connectivity index (χ0) is 28.7. The molecule has 210 valence electrons. The predicted molar refractivity (Wildman–Crippen MR) is 147 cm³/mol. The number of ether oxygens (including phenoxy) is 3. The van der Waals surface area contributed by atoms with Gasteiger partial charge in [0.1, 0.15) is 18.3 Å². The van der Waals surface area contributed by atoms with E-state index in [1.165, 1.54) is 31.3 Å². The smallest absolute Gasteiger partial charge is 0.244 e. The van der Waals surface area contributed by atoms with Crippen LogP contribution in [0.5, 0.6) is 17.2 Å². The fourth-order valence-corrected chi connectivity index (χ4v) is 4.78. The maximum atomic E-state index is 13.8. The van der Waals surface area contributed by atoms with Gasteiger partial charge in [0.15, 0.2) is 11.5 Å². The summed E-state index contributed by atoms with van der Waals surface area (Å²) in [5.74, 6) is 0.471. The van der Waals surface area contributed by atoms with Crippen LogP contribution in [0.15, 0.2) is 42.5 Å². The van der Waals surface area contributed by atoms with Crippen LogP contribution in [-0.4, -0.2) is 70.8 Å². The zero-order valence-corrected chi connectivity index (χ0v) is 24.2. The second kappa shape index (κ2) is 12.9. The van der Waals surface area contributed by atoms with Gasteiger partial charge in [-0.15, -0.1) is 0 Å². The minimum absolute atomic E-state index is 0.0790. The summed E-state index contributed by atoms with van der Waals surface area (Å²) in [4.78, 5) is 28.5. The molecule has 0 aliphatic rings. The van der Waals surface area contributed by atoms with E-state index in [4.69, 9.17) is 14.2 Å². The van der Waals surface area contributed by atoms with E-state index in [2.05, 4.69) is 5.32 Å². The van der Waals surface area contributed by atoms with Crippen molar-refractivity contribution >= 4 is 27.5 Å². The molecule has 0 bridgehead atoms. The van der Waals surface area contributed by atoms with E-state index >= 15 is 0 Å². The maximum absolute atomic E-state index is 13.8. The molecule has 0 saturated heterocycles. The van der Waals surface area contributed by atoms with Crippen molar-refractivity contribution in [3.05, 3.63) is 48.0 Å². The van der Waals surface area contributed by atoms with Gasteiger partial charge in [-0.05, 0) is 57.0 Å². The molecular weight excluding hydrogens is 510 g/mol. The van der Waals surface area contributed by atoms with E-state index in [1.54, 1.807) is 38.3 Å². The Morgan fingerprint density at radius 3 is 2.16 bits per heavy atom. The minimum atomic E-state index is -3.89. The minimum Gasteiger partial charge on any atom is -0.497 e. The van der Waals surface area contributed by atoms with Crippen LogP contribution in [-0.2, 0) is 26.2 Å². The van der Waals surface area contributed by atoms with E-state index in [1.807, 2.05) is 26.8 Å². The summed E-state index contributed by atoms with van der Waals surface area (Å²) in [6, 6.07) is 10.9. The number of rotatable bonds is 12. The Labute approximate surface area is 225 Å². The average molecular weight is 550 g/mol. The van der Waals surface area contributed by atoms with Crippen molar-refractivity contribution < 1.29 is 32.2 Å². The van der Waals surface area contributed by atoms with Crippen LogP contribution in [0.3, 0.4) is 0 Å². The summed E-state index contributed by atoms with van der Waals surface area (Å²) in [7, 11) is 0.564. The highest BCUT2D eigenvalue weighted by Gasteiger charge is 2.33. The zero-order valence-electron chi connectivity index (χ0n) is 23.4. The quantitative estimate of drug-likeness (QED) is 0.432. The topological polar surface area (TPSA) is 114 Å². The first-order chi connectivity index (χ1) is 17.7. The number of hydrogen-bond acceptors (Lipinski definition) is 7. The summed E-state index contributed by atoms with van der Waals surface area (Å²) in [6.07, 6.45) is 1.35. The van der Waals surface area contributed by atoms with E-state index in [0.717, 1.165) is 16.1 Å². The van der Waals surface area contributed by atoms with Crippen LogP contribution in [0.25, 0.3) is 0 Å². The summed E-state index contributed by atoms with van der Waals surface area (Å²) >= 11 is 0. The highest BCUT2D eigenvalue weighted by molar-refractivity contribution is 7.92. The Kier molecular flexibility index (Phi) is 10.4. The number of anilines is 1. The van der Waals surface area contributed by atoms with Crippen molar-refractivity contribution in [3.63, 3.8) is 0 Å². The molecule has 1 N–H and O–H groups in total. The highest BCUT2D eigenvalue weighted by atomic mass is 32.2. The van der Waals surface area contributed by atoms with E-state index in [9.17, 15) is 18.0 Å². The van der Waals surface area contributed by atoms with Crippen molar-refractivity contribution in [2.45, 2.75) is 52.2 Å². The number of nitrogens with one attached hydrogen (secondary N) is 1. The number of nitrogens with zero attached hydrogens (tertiary/aromatic N) is 2. The van der Waals surface area contributed by atoms with E-state index < -0.39 is 34.1 Å². The molecule has 0 spiro atoms. The molecule has 0 radical (unpaired) electrons. The summed E-state index contributed by atoms with van der Waals surface area (Å²) in [5, 5.41) is 2.94. The van der Waals surface area contributed by atoms with Crippen LogP contribution in [0, 0.1) is 0 Å². The molecule has 0 aromatic heterocycles. The average Bonchev–Trinajstić information content (AvgIpc) is 2.84. The number of benzene rings is 2. The lowest BCUT2D eigenvalue weighted by molar-refractivity contribution is -0.141. The second-order valence-electron chi connectivity index (χ2n) is 9.85. The molecule has 0 unspecified atom stereocenters. The first kappa shape index (κ1) is 30.8. The lowest BCUT2D eigenvalue weighted by Gasteiger charge is -2.34. The third-order valence-corrected chi connectivity index (χ3v) is 6.85. The number of carbonyl (C=O) groups excluding carboxylic acids is 2. The van der Waals surface area contributed by atoms with Gasteiger partial charge in [-0.1, -0.05) is 19.1 Å². The van der Waals surface area contributed by atoms with Gasteiger partial charge in [0, 0.05) is 18.2 Å². The standard InChI is InChI=1S/C27H39N3O7S/c1-9-22(26(32)28-27(2,3)4)29(17-19-11-10-12-21(15-19)35-5)25(31)18-30(38(8,33)34)20-13-14-23(36-6)24(16-20)37-7/h10-16,22H,9,17-18H2,1-8H3,(H,28,32)/t22-/m1/s1. The van der Waals surface area contributed by atoms with Gasteiger partial charge in [0.05, 0.1) is 33.3 Å². The SMILES string of the molecule is CC[C@H](C(=O)NC(C)(C)C)N(Cc1cccc(OC)c1)C(=O)CN(c1ccc(OC)c(OC)c1)S(C)(=O)=O. The number of amides is 2. The molecule has 2 amide bonds. The molecule has 0 heterocycles. The number of methoxy groups -OCH3 is 3. The predicted octanol–water partition coefficient (Wildman–Crippen LogP) is 3.20. The Bertz CT molecular complexity index is 1230. The summed E-state index contributed by atoms with van der Waals surface area (Å²) in [6.45, 7) is 6.94. The van der Waals surface area contributed by atoms with Crippen molar-refractivity contribution in [1.29, 1.82) is 0 Å². The molecule has 11 heteroatoms. The molecule has 0 saturated carbocycles. The molecule has 2 rings (SSSR count). The van der Waals surface area contributed by atoms with Crippen LogP contribution in [0.4, 0.5) is 5.69 Å². The van der Waals surface area contributed by atoms with E-state index in [-0.39, 0.29) is 18.1 Å². The van der Waals surface area contributed by atoms with E-state index in [0.29, 0.717) is 23.7 Å². The Morgan fingerprint density at radius 1 is 0.974 bits per heavy atom. The first-order valence-electron chi connectivity index (χ1n) is 12.2. The molecule has 0 aliphatic carbocycles. The number of hydrogen-bond donors (Lipinski definition) is 1. The molecule has 1 atom stereocenters. The van der Waals surface area contributed by atoms with Crippen LogP contribution < -0.4 is 23.8 Å². The van der Waals surface area contributed by atoms with Crippen molar-refractivity contribution in [1.82, 2.24) is 10.2 Å². The second-order valence-corrected chi connectivity index (χ2v) is 11.8. The van der Waals surface area contributed by atoms with Gasteiger partial charge in [0.2, 0.25) is 21.8 Å². The third-order valence-electron chi connectivity index (χ3n) is 5.71. The summed E-state index contributed by atoms with van der Waals surface area (Å²) in [5.41, 5.74) is 0.442. The fourth-order valence-electron chi connectivity index (χ4n) is 3.93. The largest absolute Gasteiger partial charge is 0.497 e. The van der Waals surface area contributed by atoms with Gasteiger partial charge >= 0.3 is 0 Å². The molecule has 2 aromatic carbocycles. The number of carbonyl (C=O) groups is 2. The van der Waals surface area contributed by atoms with Crippen LogP contribution >= 0.6 is 0 Å². The van der Waals surface area contributed by atoms with Gasteiger partial charge in [-0.3, -0.25) is 13.9 Å². The maximum Gasteiger partial charge on any atom is 0.244 e. The molecule has 0 fully saturated rings.